The van der Waals surface area contributed by atoms with Crippen LogP contribution >= 0.6 is 11.6 Å². The highest BCUT2D eigenvalue weighted by Gasteiger charge is 2.29. The first-order valence-corrected chi connectivity index (χ1v) is 7.58. The van der Waals surface area contributed by atoms with Crippen molar-refractivity contribution in [3.8, 4) is 0 Å². The molecule has 0 aliphatic heterocycles. The van der Waals surface area contributed by atoms with E-state index in [4.69, 9.17) is 17.3 Å². The molecule has 1 aliphatic rings. The normalized spacial score (nSPS) is 22.8. The molecule has 0 aromatic carbocycles. The van der Waals surface area contributed by atoms with E-state index in [1.807, 2.05) is 0 Å². The lowest BCUT2D eigenvalue weighted by molar-refractivity contribution is 0.0889. The molecular weight excluding hydrogens is 274 g/mol. The molecule has 1 aromatic rings. The van der Waals surface area contributed by atoms with Gasteiger partial charge in [-0.1, -0.05) is 38.3 Å². The minimum absolute atomic E-state index is 0.151. The zero-order valence-corrected chi connectivity index (χ0v) is 12.8. The SMILES string of the molecule is CC(C)C1CCCCC1NC(=O)c1cc(N)ncc1Cl. The highest BCUT2D eigenvalue weighted by atomic mass is 35.5. The number of carbonyl (C=O) groups is 1. The summed E-state index contributed by atoms with van der Waals surface area (Å²) in [6, 6.07) is 1.76. The summed E-state index contributed by atoms with van der Waals surface area (Å²) >= 11 is 6.03. The Morgan fingerprint density at radius 1 is 1.45 bits per heavy atom. The molecule has 20 heavy (non-hydrogen) atoms. The number of nitrogen functional groups attached to an aromatic ring is 1. The fourth-order valence-corrected chi connectivity index (χ4v) is 3.20. The number of hydrogen-bond donors (Lipinski definition) is 2. The van der Waals surface area contributed by atoms with Crippen molar-refractivity contribution in [2.75, 3.05) is 5.73 Å². The van der Waals surface area contributed by atoms with Gasteiger partial charge in [-0.25, -0.2) is 4.98 Å². The molecule has 1 amide bonds. The molecule has 0 radical (unpaired) electrons. The van der Waals surface area contributed by atoms with E-state index in [-0.39, 0.29) is 11.9 Å². The van der Waals surface area contributed by atoms with Crippen LogP contribution in [0.25, 0.3) is 0 Å². The number of anilines is 1. The average molecular weight is 296 g/mol. The van der Waals surface area contributed by atoms with E-state index >= 15 is 0 Å². The molecule has 2 unspecified atom stereocenters. The maximum absolute atomic E-state index is 12.4. The van der Waals surface area contributed by atoms with Gasteiger partial charge in [0.1, 0.15) is 5.82 Å². The zero-order valence-electron chi connectivity index (χ0n) is 12.0. The number of rotatable bonds is 3. The van der Waals surface area contributed by atoms with E-state index in [0.717, 1.165) is 6.42 Å². The number of aromatic nitrogens is 1. The summed E-state index contributed by atoms with van der Waals surface area (Å²) in [7, 11) is 0. The molecule has 0 bridgehead atoms. The van der Waals surface area contributed by atoms with Gasteiger partial charge in [0, 0.05) is 12.2 Å². The van der Waals surface area contributed by atoms with Crippen LogP contribution in [-0.2, 0) is 0 Å². The Morgan fingerprint density at radius 3 is 2.85 bits per heavy atom. The molecule has 4 nitrogen and oxygen atoms in total. The number of amides is 1. The maximum Gasteiger partial charge on any atom is 0.253 e. The van der Waals surface area contributed by atoms with E-state index in [1.54, 1.807) is 0 Å². The average Bonchev–Trinajstić information content (AvgIpc) is 2.41. The van der Waals surface area contributed by atoms with E-state index in [9.17, 15) is 4.79 Å². The van der Waals surface area contributed by atoms with Crippen LogP contribution in [0.5, 0.6) is 0 Å². The van der Waals surface area contributed by atoms with Gasteiger partial charge in [0.2, 0.25) is 0 Å². The lowest BCUT2D eigenvalue weighted by atomic mass is 9.78. The number of nitrogens with zero attached hydrogens (tertiary/aromatic N) is 1. The van der Waals surface area contributed by atoms with Crippen LogP contribution in [0.2, 0.25) is 5.02 Å². The van der Waals surface area contributed by atoms with Gasteiger partial charge in [-0.15, -0.1) is 0 Å². The third kappa shape index (κ3) is 3.42. The molecule has 1 heterocycles. The van der Waals surface area contributed by atoms with Gasteiger partial charge in [0.05, 0.1) is 10.6 Å². The van der Waals surface area contributed by atoms with Gasteiger partial charge in [-0.2, -0.15) is 0 Å². The van der Waals surface area contributed by atoms with Gasteiger partial charge in [0.25, 0.3) is 5.91 Å². The van der Waals surface area contributed by atoms with Crippen LogP contribution in [0.1, 0.15) is 49.9 Å². The summed E-state index contributed by atoms with van der Waals surface area (Å²) in [4.78, 5) is 16.3. The minimum Gasteiger partial charge on any atom is -0.384 e. The Bertz CT molecular complexity index is 490. The first kappa shape index (κ1) is 15.1. The van der Waals surface area contributed by atoms with Gasteiger partial charge >= 0.3 is 0 Å². The summed E-state index contributed by atoms with van der Waals surface area (Å²) in [6.07, 6.45) is 6.05. The number of hydrogen-bond acceptors (Lipinski definition) is 3. The lowest BCUT2D eigenvalue weighted by Crippen LogP contribution is -2.44. The van der Waals surface area contributed by atoms with E-state index in [0.29, 0.717) is 28.2 Å². The number of pyridine rings is 1. The number of nitrogens with one attached hydrogen (secondary N) is 1. The monoisotopic (exact) mass is 295 g/mol. The number of nitrogens with two attached hydrogens (primary N) is 1. The predicted molar refractivity (Wildman–Crippen MR) is 81.7 cm³/mol. The van der Waals surface area contributed by atoms with Crippen LogP contribution < -0.4 is 11.1 Å². The van der Waals surface area contributed by atoms with Crippen LogP contribution in [0.3, 0.4) is 0 Å². The lowest BCUT2D eigenvalue weighted by Gasteiger charge is -2.35. The van der Waals surface area contributed by atoms with E-state index < -0.39 is 0 Å². The summed E-state index contributed by atoms with van der Waals surface area (Å²) in [5.74, 6) is 1.26. The van der Waals surface area contributed by atoms with Gasteiger partial charge in [-0.05, 0) is 30.7 Å². The van der Waals surface area contributed by atoms with Gasteiger partial charge in [-0.3, -0.25) is 4.79 Å². The summed E-state index contributed by atoms with van der Waals surface area (Å²) in [5, 5.41) is 3.47. The molecule has 1 saturated carbocycles. The third-order valence-corrected chi connectivity index (χ3v) is 4.41. The third-order valence-electron chi connectivity index (χ3n) is 4.11. The van der Waals surface area contributed by atoms with Crippen molar-refractivity contribution < 1.29 is 4.79 Å². The first-order valence-electron chi connectivity index (χ1n) is 7.21. The van der Waals surface area contributed by atoms with Crippen LogP contribution in [0.15, 0.2) is 12.3 Å². The Kier molecular flexibility index (Phi) is 4.86. The molecule has 0 saturated heterocycles. The minimum atomic E-state index is -0.151. The summed E-state index contributed by atoms with van der Waals surface area (Å²) in [6.45, 7) is 4.43. The largest absolute Gasteiger partial charge is 0.384 e. The smallest absolute Gasteiger partial charge is 0.253 e. The van der Waals surface area contributed by atoms with Crippen molar-refractivity contribution in [1.82, 2.24) is 10.3 Å². The fourth-order valence-electron chi connectivity index (χ4n) is 3.01. The topological polar surface area (TPSA) is 68.0 Å². The van der Waals surface area contributed by atoms with Crippen molar-refractivity contribution in [3.63, 3.8) is 0 Å². The van der Waals surface area contributed by atoms with Crippen molar-refractivity contribution in [2.24, 2.45) is 11.8 Å². The van der Waals surface area contributed by atoms with Gasteiger partial charge < -0.3 is 11.1 Å². The molecule has 110 valence electrons. The Labute approximate surface area is 125 Å². The quantitative estimate of drug-likeness (QED) is 0.899. The van der Waals surface area contributed by atoms with Crippen molar-refractivity contribution in [2.45, 2.75) is 45.6 Å². The highest BCUT2D eigenvalue weighted by molar-refractivity contribution is 6.33. The van der Waals surface area contributed by atoms with Crippen LogP contribution in [0, 0.1) is 11.8 Å². The molecular formula is C15H22ClN3O. The maximum atomic E-state index is 12.4. The standard InChI is InChI=1S/C15H22ClN3O/c1-9(2)10-5-3-4-6-13(10)19-15(20)11-7-14(17)18-8-12(11)16/h7-10,13H,3-6H2,1-2H3,(H2,17,18)(H,19,20). The zero-order chi connectivity index (χ0) is 14.7. The fraction of sp³-hybridized carbons (Fsp3) is 0.600. The second-order valence-corrected chi connectivity index (χ2v) is 6.27. The molecule has 0 spiro atoms. The Hall–Kier alpha value is -1.29. The summed E-state index contributed by atoms with van der Waals surface area (Å²) in [5.41, 5.74) is 6.03. The molecule has 1 aliphatic carbocycles. The van der Waals surface area contributed by atoms with E-state index in [1.165, 1.54) is 31.5 Å². The summed E-state index contributed by atoms with van der Waals surface area (Å²) < 4.78 is 0. The molecule has 2 atom stereocenters. The second kappa shape index (κ2) is 6.44. The molecule has 2 rings (SSSR count). The first-order chi connectivity index (χ1) is 9.49. The van der Waals surface area contributed by atoms with Crippen molar-refractivity contribution in [1.29, 1.82) is 0 Å². The molecule has 1 aromatic heterocycles. The Morgan fingerprint density at radius 2 is 2.15 bits per heavy atom. The van der Waals surface area contributed by atoms with Gasteiger partial charge in [0.15, 0.2) is 0 Å². The predicted octanol–water partition coefficient (Wildman–Crippen LogP) is 3.26. The molecule has 3 N–H and O–H groups in total. The number of carbonyl (C=O) groups excluding carboxylic acids is 1. The molecule has 5 heteroatoms. The van der Waals surface area contributed by atoms with Crippen molar-refractivity contribution >= 4 is 23.3 Å². The number of halogens is 1. The van der Waals surface area contributed by atoms with Crippen LogP contribution in [-0.4, -0.2) is 16.9 Å². The second-order valence-electron chi connectivity index (χ2n) is 5.86. The van der Waals surface area contributed by atoms with Crippen molar-refractivity contribution in [3.05, 3.63) is 22.8 Å². The Balaban J connectivity index is 2.11. The molecule has 1 fully saturated rings. The highest BCUT2D eigenvalue weighted by Crippen LogP contribution is 2.30. The van der Waals surface area contributed by atoms with Crippen LogP contribution in [0.4, 0.5) is 5.82 Å². The van der Waals surface area contributed by atoms with E-state index in [2.05, 4.69) is 24.1 Å².